The minimum absolute atomic E-state index is 0.0577. The summed E-state index contributed by atoms with van der Waals surface area (Å²) in [6.45, 7) is 12.0. The summed E-state index contributed by atoms with van der Waals surface area (Å²) in [6, 6.07) is 0. The fourth-order valence-corrected chi connectivity index (χ4v) is 2.97. The van der Waals surface area contributed by atoms with Crippen molar-refractivity contribution >= 4 is 17.2 Å². The van der Waals surface area contributed by atoms with E-state index < -0.39 is 11.5 Å². The minimum atomic E-state index is -0.430. The Morgan fingerprint density at radius 3 is 2.50 bits per heavy atom. The van der Waals surface area contributed by atoms with Crippen molar-refractivity contribution in [1.82, 2.24) is 20.3 Å². The Balaban J connectivity index is 2.16. The van der Waals surface area contributed by atoms with Gasteiger partial charge in [-0.15, -0.1) is 11.3 Å². The number of hydrogen-bond donors (Lipinski definition) is 2. The molecule has 2 heterocycles. The molecule has 2 rings (SSSR count). The molecule has 0 spiro atoms. The standard InChI is InChI=1S/C17H24N4O2S/c1-9(2)15-20-11(8-24-15)7-18-13(22)12-10(3)19-16(17(4,5)6)21-14(12)23/h8-9H,7H2,1-6H3,(H,18,22)(H,19,21,23). The molecule has 7 heteroatoms. The normalized spacial score (nSPS) is 11.8. The smallest absolute Gasteiger partial charge is 0.264 e. The van der Waals surface area contributed by atoms with Crippen LogP contribution < -0.4 is 10.9 Å². The molecule has 0 saturated heterocycles. The lowest BCUT2D eigenvalue weighted by Gasteiger charge is -2.18. The lowest BCUT2D eigenvalue weighted by molar-refractivity contribution is 0.0947. The molecule has 24 heavy (non-hydrogen) atoms. The number of H-pyrrole nitrogens is 1. The van der Waals surface area contributed by atoms with E-state index in [-0.39, 0.29) is 11.0 Å². The largest absolute Gasteiger partial charge is 0.346 e. The second-order valence-corrected chi connectivity index (χ2v) is 8.03. The van der Waals surface area contributed by atoms with Gasteiger partial charge in [0.25, 0.3) is 11.5 Å². The molecule has 0 atom stereocenters. The predicted octanol–water partition coefficient (Wildman–Crippen LogP) is 2.89. The zero-order valence-electron chi connectivity index (χ0n) is 15.0. The summed E-state index contributed by atoms with van der Waals surface area (Å²) in [7, 11) is 0. The highest BCUT2D eigenvalue weighted by Gasteiger charge is 2.22. The molecule has 0 bridgehead atoms. The zero-order valence-corrected chi connectivity index (χ0v) is 15.8. The quantitative estimate of drug-likeness (QED) is 0.889. The number of hydrogen-bond acceptors (Lipinski definition) is 5. The molecule has 2 aromatic heterocycles. The lowest BCUT2D eigenvalue weighted by Crippen LogP contribution is -2.33. The van der Waals surface area contributed by atoms with Crippen LogP contribution in [0, 0.1) is 6.92 Å². The van der Waals surface area contributed by atoms with Gasteiger partial charge in [-0.25, -0.2) is 9.97 Å². The summed E-state index contributed by atoms with van der Waals surface area (Å²) in [4.78, 5) is 36.2. The van der Waals surface area contributed by atoms with Crippen LogP contribution in [-0.4, -0.2) is 20.9 Å². The van der Waals surface area contributed by atoms with E-state index in [1.54, 1.807) is 18.3 Å². The number of nitrogens with zero attached hydrogens (tertiary/aromatic N) is 2. The Hall–Kier alpha value is -2.02. The third kappa shape index (κ3) is 4.08. The molecule has 1 amide bonds. The first-order chi connectivity index (χ1) is 11.1. The maximum atomic E-state index is 12.4. The van der Waals surface area contributed by atoms with Crippen molar-refractivity contribution in [3.05, 3.63) is 43.5 Å². The van der Waals surface area contributed by atoms with Crippen molar-refractivity contribution in [3.63, 3.8) is 0 Å². The van der Waals surface area contributed by atoms with Crippen LogP contribution in [0.4, 0.5) is 0 Å². The van der Waals surface area contributed by atoms with Gasteiger partial charge in [-0.05, 0) is 6.92 Å². The fourth-order valence-electron chi connectivity index (χ4n) is 2.14. The Labute approximate surface area is 145 Å². The number of amides is 1. The summed E-state index contributed by atoms with van der Waals surface area (Å²) < 4.78 is 0. The molecule has 0 fully saturated rings. The number of rotatable bonds is 4. The minimum Gasteiger partial charge on any atom is -0.346 e. The summed E-state index contributed by atoms with van der Waals surface area (Å²) >= 11 is 1.57. The van der Waals surface area contributed by atoms with Crippen molar-refractivity contribution in [2.24, 2.45) is 0 Å². The van der Waals surface area contributed by atoms with Crippen LogP contribution in [-0.2, 0) is 12.0 Å². The first kappa shape index (κ1) is 18.3. The number of carbonyl (C=O) groups excluding carboxylic acids is 1. The van der Waals surface area contributed by atoms with Gasteiger partial charge in [0.1, 0.15) is 11.4 Å². The Kier molecular flexibility index (Phi) is 5.22. The molecule has 130 valence electrons. The van der Waals surface area contributed by atoms with E-state index in [1.165, 1.54) is 0 Å². The molecule has 2 N–H and O–H groups in total. The topological polar surface area (TPSA) is 87.7 Å². The van der Waals surface area contributed by atoms with Crippen LogP contribution in [0.15, 0.2) is 10.2 Å². The number of aryl methyl sites for hydroxylation is 1. The van der Waals surface area contributed by atoms with Gasteiger partial charge in [0.15, 0.2) is 0 Å². The molecule has 0 radical (unpaired) electrons. The van der Waals surface area contributed by atoms with Crippen molar-refractivity contribution in [2.45, 2.75) is 59.4 Å². The molecular formula is C17H24N4O2S. The Morgan fingerprint density at radius 2 is 2.00 bits per heavy atom. The van der Waals surface area contributed by atoms with Crippen LogP contribution in [0.1, 0.15) is 73.1 Å². The predicted molar refractivity (Wildman–Crippen MR) is 95.7 cm³/mol. The highest BCUT2D eigenvalue weighted by molar-refractivity contribution is 7.09. The number of aromatic nitrogens is 3. The van der Waals surface area contributed by atoms with E-state index in [4.69, 9.17) is 0 Å². The van der Waals surface area contributed by atoms with Crippen molar-refractivity contribution < 1.29 is 4.79 Å². The molecule has 0 aliphatic carbocycles. The molecule has 0 aromatic carbocycles. The third-order valence-electron chi connectivity index (χ3n) is 3.53. The summed E-state index contributed by atoms with van der Waals surface area (Å²) in [6.07, 6.45) is 0. The Bertz CT molecular complexity index is 800. The monoisotopic (exact) mass is 348 g/mol. The molecule has 0 unspecified atom stereocenters. The Morgan fingerprint density at radius 1 is 1.33 bits per heavy atom. The van der Waals surface area contributed by atoms with Crippen LogP contribution >= 0.6 is 11.3 Å². The highest BCUT2D eigenvalue weighted by atomic mass is 32.1. The number of thiazole rings is 1. The molecule has 2 aromatic rings. The van der Waals surface area contributed by atoms with Crippen molar-refractivity contribution in [1.29, 1.82) is 0 Å². The molecular weight excluding hydrogens is 324 g/mol. The van der Waals surface area contributed by atoms with Crippen LogP contribution in [0.2, 0.25) is 0 Å². The highest BCUT2D eigenvalue weighted by Crippen LogP contribution is 2.19. The van der Waals surface area contributed by atoms with Gasteiger partial charge in [-0.2, -0.15) is 0 Å². The molecule has 0 aliphatic rings. The second kappa shape index (κ2) is 6.84. The average Bonchev–Trinajstić information content (AvgIpc) is 2.92. The van der Waals surface area contributed by atoms with E-state index in [0.717, 1.165) is 10.7 Å². The first-order valence-corrected chi connectivity index (χ1v) is 8.81. The van der Waals surface area contributed by atoms with E-state index in [0.29, 0.717) is 24.0 Å². The number of aromatic amines is 1. The maximum Gasteiger partial charge on any atom is 0.264 e. The van der Waals surface area contributed by atoms with Crippen LogP contribution in [0.5, 0.6) is 0 Å². The van der Waals surface area contributed by atoms with Crippen molar-refractivity contribution in [2.75, 3.05) is 0 Å². The zero-order chi connectivity index (χ0) is 18.1. The van der Waals surface area contributed by atoms with Gasteiger partial charge in [-0.3, -0.25) is 9.59 Å². The van der Waals surface area contributed by atoms with Gasteiger partial charge >= 0.3 is 0 Å². The van der Waals surface area contributed by atoms with Crippen LogP contribution in [0.25, 0.3) is 0 Å². The molecule has 6 nitrogen and oxygen atoms in total. The third-order valence-corrected chi connectivity index (χ3v) is 4.73. The van der Waals surface area contributed by atoms with Gasteiger partial charge in [-0.1, -0.05) is 34.6 Å². The first-order valence-electron chi connectivity index (χ1n) is 7.93. The van der Waals surface area contributed by atoms with E-state index in [2.05, 4.69) is 34.1 Å². The van der Waals surface area contributed by atoms with E-state index >= 15 is 0 Å². The van der Waals surface area contributed by atoms with Gasteiger partial charge < -0.3 is 10.3 Å². The number of carbonyl (C=O) groups is 1. The summed E-state index contributed by atoms with van der Waals surface area (Å²) in [5.74, 6) is 0.502. The van der Waals surface area contributed by atoms with E-state index in [9.17, 15) is 9.59 Å². The maximum absolute atomic E-state index is 12.4. The SMILES string of the molecule is Cc1nc(C(C)(C)C)[nH]c(=O)c1C(=O)NCc1csc(C(C)C)n1. The van der Waals surface area contributed by atoms with Gasteiger partial charge in [0.2, 0.25) is 0 Å². The fraction of sp³-hybridized carbons (Fsp3) is 0.529. The summed E-state index contributed by atoms with van der Waals surface area (Å²) in [5, 5.41) is 5.71. The number of nitrogens with one attached hydrogen (secondary N) is 2. The molecule has 0 saturated carbocycles. The van der Waals surface area contributed by atoms with Crippen molar-refractivity contribution in [3.8, 4) is 0 Å². The lowest BCUT2D eigenvalue weighted by atomic mass is 9.95. The van der Waals surface area contributed by atoms with Crippen LogP contribution in [0.3, 0.4) is 0 Å². The average molecular weight is 348 g/mol. The second-order valence-electron chi connectivity index (χ2n) is 7.14. The van der Waals surface area contributed by atoms with Gasteiger partial charge in [0.05, 0.1) is 22.9 Å². The summed E-state index contributed by atoms with van der Waals surface area (Å²) in [5.41, 5.74) is 0.591. The van der Waals surface area contributed by atoms with E-state index in [1.807, 2.05) is 26.2 Å². The molecule has 0 aliphatic heterocycles. The van der Waals surface area contributed by atoms with Gasteiger partial charge in [0, 0.05) is 16.7 Å².